The zero-order valence-corrected chi connectivity index (χ0v) is 27.8. The van der Waals surface area contributed by atoms with Crippen LogP contribution >= 0.6 is 0 Å². The zero-order chi connectivity index (χ0) is 33.1. The number of fused-ring (bicyclic) bond motifs is 6. The number of hydrogen-bond donors (Lipinski definition) is 0. The summed E-state index contributed by atoms with van der Waals surface area (Å²) in [7, 11) is 2.10. The number of benzene rings is 5. The molecule has 1 aliphatic heterocycles. The molecule has 234 valence electrons. The molecule has 4 heteroatoms. The van der Waals surface area contributed by atoms with Crippen LogP contribution in [-0.4, -0.2) is 33.4 Å². The van der Waals surface area contributed by atoms with Gasteiger partial charge in [-0.3, -0.25) is 4.98 Å². The molecule has 0 atom stereocenters. The van der Waals surface area contributed by atoms with E-state index in [-0.39, 0.29) is 0 Å². The Labute approximate surface area is 285 Å². The summed E-state index contributed by atoms with van der Waals surface area (Å²) < 4.78 is 0. The van der Waals surface area contributed by atoms with E-state index in [9.17, 15) is 0 Å². The maximum atomic E-state index is 5.42. The van der Waals surface area contributed by atoms with Crippen LogP contribution < -0.4 is 0 Å². The van der Waals surface area contributed by atoms with Crippen molar-refractivity contribution in [2.24, 2.45) is 0 Å². The molecule has 0 radical (unpaired) electrons. The summed E-state index contributed by atoms with van der Waals surface area (Å²) in [6.45, 7) is 5.45. The molecule has 9 rings (SSSR count). The van der Waals surface area contributed by atoms with Crippen molar-refractivity contribution in [3.63, 3.8) is 0 Å². The Kier molecular flexibility index (Phi) is 6.84. The van der Waals surface area contributed by atoms with Gasteiger partial charge in [-0.15, -0.1) is 0 Å². The number of aromatic nitrogens is 3. The predicted octanol–water partition coefficient (Wildman–Crippen LogP) is 10.9. The molecule has 5 aromatic carbocycles. The monoisotopic (exact) mass is 630 g/mol. The Hall–Kier alpha value is -6.13. The molecule has 1 aliphatic rings. The van der Waals surface area contributed by atoms with E-state index in [0.29, 0.717) is 0 Å². The predicted molar refractivity (Wildman–Crippen MR) is 205 cm³/mol. The lowest BCUT2D eigenvalue weighted by atomic mass is 9.85. The molecular weight excluding hydrogens is 597 g/mol. The van der Waals surface area contributed by atoms with Gasteiger partial charge in [0.1, 0.15) is 0 Å². The fourth-order valence-corrected chi connectivity index (χ4v) is 7.63. The average Bonchev–Trinajstić information content (AvgIpc) is 3.16. The first-order valence-electron chi connectivity index (χ1n) is 16.8. The van der Waals surface area contributed by atoms with Crippen LogP contribution in [0.3, 0.4) is 0 Å². The lowest BCUT2D eigenvalue weighted by Crippen LogP contribution is -2.13. The van der Waals surface area contributed by atoms with Gasteiger partial charge in [0.05, 0.1) is 22.4 Å². The van der Waals surface area contributed by atoms with Crippen LogP contribution in [-0.2, 0) is 0 Å². The van der Waals surface area contributed by atoms with Gasteiger partial charge in [-0.05, 0) is 107 Å². The Morgan fingerprint density at radius 3 is 1.63 bits per heavy atom. The van der Waals surface area contributed by atoms with Gasteiger partial charge in [-0.1, -0.05) is 78.9 Å². The summed E-state index contributed by atoms with van der Waals surface area (Å²) >= 11 is 0. The lowest BCUT2D eigenvalue weighted by molar-refractivity contribution is 0.506. The Balaban J connectivity index is 1.39. The van der Waals surface area contributed by atoms with E-state index in [1.54, 1.807) is 0 Å². The highest BCUT2D eigenvalue weighted by molar-refractivity contribution is 6.25. The molecule has 4 nitrogen and oxygen atoms in total. The molecule has 0 saturated heterocycles. The van der Waals surface area contributed by atoms with E-state index in [1.165, 1.54) is 43.8 Å². The minimum atomic E-state index is 0.895. The van der Waals surface area contributed by atoms with E-state index in [0.717, 1.165) is 62.0 Å². The molecule has 4 heterocycles. The van der Waals surface area contributed by atoms with E-state index >= 15 is 0 Å². The number of aryl methyl sites for hydroxylation is 2. The summed E-state index contributed by atoms with van der Waals surface area (Å²) in [6.07, 6.45) is 10.3. The van der Waals surface area contributed by atoms with Crippen LogP contribution in [0.25, 0.3) is 82.6 Å². The van der Waals surface area contributed by atoms with Gasteiger partial charge in [0.15, 0.2) is 0 Å². The van der Waals surface area contributed by atoms with Crippen LogP contribution in [0.4, 0.5) is 0 Å². The lowest BCUT2D eigenvalue weighted by Gasteiger charge is -2.21. The van der Waals surface area contributed by atoms with Gasteiger partial charge in [-0.2, -0.15) is 0 Å². The smallest absolute Gasteiger partial charge is 0.0791 e. The maximum Gasteiger partial charge on any atom is 0.0791 e. The van der Waals surface area contributed by atoms with Crippen LogP contribution in [0.5, 0.6) is 0 Å². The minimum Gasteiger partial charge on any atom is -0.377 e. The molecule has 0 aliphatic carbocycles. The van der Waals surface area contributed by atoms with Crippen molar-refractivity contribution >= 4 is 48.9 Å². The fraction of sp³-hybridized carbons (Fsp3) is 0.0889. The minimum absolute atomic E-state index is 0.895. The van der Waals surface area contributed by atoms with Crippen LogP contribution in [0.15, 0.2) is 140 Å². The number of allylic oxidation sites excluding steroid dienone is 2. The van der Waals surface area contributed by atoms with Crippen molar-refractivity contribution in [2.45, 2.75) is 13.8 Å². The second-order valence-electron chi connectivity index (χ2n) is 13.0. The van der Waals surface area contributed by atoms with Crippen LogP contribution in [0.2, 0.25) is 0 Å². The second kappa shape index (κ2) is 11.5. The highest BCUT2D eigenvalue weighted by Gasteiger charge is 2.23. The van der Waals surface area contributed by atoms with Gasteiger partial charge < -0.3 is 4.90 Å². The maximum absolute atomic E-state index is 5.42. The Bertz CT molecular complexity index is 2670. The summed E-state index contributed by atoms with van der Waals surface area (Å²) in [6, 6.07) is 38.9. The molecule has 0 spiro atoms. The van der Waals surface area contributed by atoms with E-state index in [1.807, 2.05) is 12.4 Å². The number of rotatable bonds is 4. The van der Waals surface area contributed by atoms with Crippen molar-refractivity contribution in [2.75, 3.05) is 13.6 Å². The normalized spacial score (nSPS) is 13.1. The third-order valence-electron chi connectivity index (χ3n) is 10.0. The average molecular weight is 631 g/mol. The number of hydrogen-bond acceptors (Lipinski definition) is 4. The third-order valence-corrected chi connectivity index (χ3v) is 10.0. The van der Waals surface area contributed by atoms with Crippen molar-refractivity contribution in [3.05, 3.63) is 157 Å². The zero-order valence-electron chi connectivity index (χ0n) is 27.8. The van der Waals surface area contributed by atoms with Crippen molar-refractivity contribution < 1.29 is 0 Å². The molecule has 0 fully saturated rings. The quantitative estimate of drug-likeness (QED) is 0.143. The van der Waals surface area contributed by atoms with E-state index < -0.39 is 0 Å². The SMILES string of the molecule is Cc1c2c(-c3cccc(-c4ccncc4)c3)nc3ccccc3c2c(C)c2c(-c3cccc(C4=CCN(C)C=C4)c3)nc3ccccc3c12. The first-order chi connectivity index (χ1) is 24.0. The standard InChI is InChI=1S/C45H34N4/c1-28-41-37-15-5-7-17-39(37)48-45(35-13-9-11-33(27-35)31-20-24-49(3)25-21-31)43(41)29(2)40-36-14-4-6-16-38(36)47-44(42(28)40)34-12-8-10-32(26-34)30-18-22-46-23-19-30/h4-24,26-27H,25H2,1-3H3. The highest BCUT2D eigenvalue weighted by Crippen LogP contribution is 2.45. The third kappa shape index (κ3) is 4.79. The van der Waals surface area contributed by atoms with E-state index in [4.69, 9.17) is 9.97 Å². The fourth-order valence-electron chi connectivity index (χ4n) is 7.63. The molecule has 0 unspecified atom stereocenters. The number of pyridine rings is 3. The van der Waals surface area contributed by atoms with Gasteiger partial charge in [-0.25, -0.2) is 9.97 Å². The summed E-state index contributed by atoms with van der Waals surface area (Å²) in [4.78, 5) is 17.2. The summed E-state index contributed by atoms with van der Waals surface area (Å²) in [5.41, 5.74) is 13.4. The second-order valence-corrected chi connectivity index (χ2v) is 13.0. The number of para-hydroxylation sites is 2. The largest absolute Gasteiger partial charge is 0.377 e. The molecular formula is C45H34N4. The van der Waals surface area contributed by atoms with Gasteiger partial charge in [0, 0.05) is 58.7 Å². The molecule has 0 N–H and O–H groups in total. The Morgan fingerprint density at radius 1 is 0.531 bits per heavy atom. The topological polar surface area (TPSA) is 41.9 Å². The highest BCUT2D eigenvalue weighted by atomic mass is 15.1. The molecule has 49 heavy (non-hydrogen) atoms. The van der Waals surface area contributed by atoms with Gasteiger partial charge in [0.2, 0.25) is 0 Å². The van der Waals surface area contributed by atoms with E-state index in [2.05, 4.69) is 158 Å². The molecule has 0 saturated carbocycles. The first-order valence-corrected chi connectivity index (χ1v) is 16.8. The number of nitrogens with zero attached hydrogens (tertiary/aromatic N) is 4. The van der Waals surface area contributed by atoms with Crippen molar-refractivity contribution in [3.8, 4) is 33.6 Å². The van der Waals surface area contributed by atoms with Crippen LogP contribution in [0.1, 0.15) is 16.7 Å². The Morgan fingerprint density at radius 2 is 1.06 bits per heavy atom. The van der Waals surface area contributed by atoms with Crippen LogP contribution in [0, 0.1) is 13.8 Å². The van der Waals surface area contributed by atoms with Crippen molar-refractivity contribution in [1.29, 1.82) is 0 Å². The summed E-state index contributed by atoms with van der Waals surface area (Å²) in [5, 5.41) is 7.16. The first kappa shape index (κ1) is 29.0. The molecule has 0 amide bonds. The molecule has 0 bridgehead atoms. The van der Waals surface area contributed by atoms with Crippen molar-refractivity contribution in [1.82, 2.24) is 19.9 Å². The van der Waals surface area contributed by atoms with Gasteiger partial charge >= 0.3 is 0 Å². The molecule has 8 aromatic rings. The summed E-state index contributed by atoms with van der Waals surface area (Å²) in [5.74, 6) is 0. The number of likely N-dealkylation sites (N-methyl/N-ethyl adjacent to an activating group) is 1. The van der Waals surface area contributed by atoms with Gasteiger partial charge in [0.25, 0.3) is 0 Å². The molecule has 3 aromatic heterocycles.